The molecule has 1 saturated heterocycles. The van der Waals surface area contributed by atoms with Gasteiger partial charge in [-0.1, -0.05) is 25.9 Å². The van der Waals surface area contributed by atoms with Crippen LogP contribution in [0.5, 0.6) is 0 Å². The van der Waals surface area contributed by atoms with Crippen LogP contribution >= 0.6 is 0 Å². The Balaban J connectivity index is 1.56. The molecule has 4 rings (SSSR count). The van der Waals surface area contributed by atoms with E-state index in [0.29, 0.717) is 36.7 Å². The number of fused-ring (bicyclic) bond motifs is 1. The molecular weight excluding hydrogens is 399 g/mol. The van der Waals surface area contributed by atoms with E-state index in [4.69, 9.17) is 4.52 Å². The summed E-state index contributed by atoms with van der Waals surface area (Å²) in [5.41, 5.74) is 0.865. The second-order valence-corrected chi connectivity index (χ2v) is 9.32. The summed E-state index contributed by atoms with van der Waals surface area (Å²) in [6.07, 6.45) is -3.82. The van der Waals surface area contributed by atoms with Gasteiger partial charge in [-0.15, -0.1) is 0 Å². The Morgan fingerprint density at radius 1 is 1.27 bits per heavy atom. The van der Waals surface area contributed by atoms with E-state index < -0.39 is 12.2 Å². The number of carbonyl (C=O) groups excluding carboxylic acids is 1. The van der Waals surface area contributed by atoms with Crippen molar-refractivity contribution in [3.05, 3.63) is 29.3 Å². The number of amides is 1. The predicted octanol–water partition coefficient (Wildman–Crippen LogP) is 4.14. The highest BCUT2D eigenvalue weighted by molar-refractivity contribution is 5.91. The maximum absolute atomic E-state index is 13.8. The average molecular weight is 425 g/mol. The largest absolute Gasteiger partial charge is 0.410 e. The third-order valence-electron chi connectivity index (χ3n) is 5.99. The summed E-state index contributed by atoms with van der Waals surface area (Å²) in [6.45, 7) is 8.39. The number of aromatic nitrogens is 3. The minimum Gasteiger partial charge on any atom is -0.367 e. The van der Waals surface area contributed by atoms with Gasteiger partial charge in [0.05, 0.1) is 11.4 Å². The minimum atomic E-state index is -4.38. The van der Waals surface area contributed by atoms with Crippen molar-refractivity contribution in [1.82, 2.24) is 19.8 Å². The van der Waals surface area contributed by atoms with Gasteiger partial charge in [-0.3, -0.25) is 4.79 Å². The summed E-state index contributed by atoms with van der Waals surface area (Å²) in [5, 5.41) is 11.3. The molecule has 1 fully saturated rings. The number of hydrogen-bond acceptors (Lipinski definition) is 5. The quantitative estimate of drug-likeness (QED) is 0.783. The molecule has 0 spiro atoms. The Labute approximate surface area is 172 Å². The zero-order valence-electron chi connectivity index (χ0n) is 17.5. The molecule has 1 amide bonds. The molecule has 2 aliphatic heterocycles. The number of carbonyl (C=O) groups is 1. The molecule has 2 aromatic heterocycles. The molecule has 10 heteroatoms. The number of nitrogens with one attached hydrogen (secondary N) is 1. The smallest absolute Gasteiger partial charge is 0.367 e. The molecule has 3 atom stereocenters. The molecule has 0 saturated carbocycles. The third-order valence-corrected chi connectivity index (χ3v) is 5.99. The van der Waals surface area contributed by atoms with Gasteiger partial charge < -0.3 is 14.7 Å². The topological polar surface area (TPSA) is 76.2 Å². The molecule has 0 radical (unpaired) electrons. The summed E-state index contributed by atoms with van der Waals surface area (Å²) in [6, 6.07) is 1.30. The van der Waals surface area contributed by atoms with Crippen LogP contribution in [0.1, 0.15) is 67.5 Å². The van der Waals surface area contributed by atoms with Crippen molar-refractivity contribution in [2.24, 2.45) is 5.41 Å². The minimum absolute atomic E-state index is 0.0682. The van der Waals surface area contributed by atoms with Crippen LogP contribution in [-0.4, -0.2) is 51.1 Å². The van der Waals surface area contributed by atoms with E-state index in [-0.39, 0.29) is 35.5 Å². The van der Waals surface area contributed by atoms with Crippen LogP contribution in [0.2, 0.25) is 0 Å². The van der Waals surface area contributed by atoms with Crippen molar-refractivity contribution in [1.29, 1.82) is 0 Å². The molecule has 0 aromatic carbocycles. The highest BCUT2D eigenvalue weighted by Gasteiger charge is 2.48. The normalized spacial score (nSPS) is 24.6. The molecule has 1 N–H and O–H groups in total. The van der Waals surface area contributed by atoms with Crippen LogP contribution in [0.3, 0.4) is 0 Å². The number of hydrogen-bond donors (Lipinski definition) is 1. The fourth-order valence-corrected chi connectivity index (χ4v) is 4.17. The van der Waals surface area contributed by atoms with E-state index in [1.165, 1.54) is 0 Å². The average Bonchev–Trinajstić information content (AvgIpc) is 3.37. The fourth-order valence-electron chi connectivity index (χ4n) is 4.17. The molecule has 1 unspecified atom stereocenters. The first-order valence-electron chi connectivity index (χ1n) is 10.1. The van der Waals surface area contributed by atoms with Crippen LogP contribution in [0.4, 0.5) is 19.0 Å². The summed E-state index contributed by atoms with van der Waals surface area (Å²) in [7, 11) is 0. The zero-order valence-corrected chi connectivity index (χ0v) is 17.5. The van der Waals surface area contributed by atoms with E-state index in [1.807, 2.05) is 20.8 Å². The standard InChI is InChI=1S/C20H26F3N5O2/c1-11-7-14(30-26-11)18(29)27-6-5-12(10-27)13-8-17-24-15(19(2,3)4)9-16(20(21,22)23)28(17)25-13/h7-8,12,15-16,24H,5-6,9-10H2,1-4H3/t12?,15-,16+/m0/s1. The molecule has 2 aliphatic rings. The van der Waals surface area contributed by atoms with Gasteiger partial charge in [0.25, 0.3) is 5.91 Å². The van der Waals surface area contributed by atoms with Gasteiger partial charge in [-0.05, 0) is 25.2 Å². The van der Waals surface area contributed by atoms with Crippen LogP contribution < -0.4 is 5.32 Å². The number of nitrogens with zero attached hydrogens (tertiary/aromatic N) is 4. The van der Waals surface area contributed by atoms with Crippen molar-refractivity contribution in [2.45, 2.75) is 64.7 Å². The Bertz CT molecular complexity index is 943. The van der Waals surface area contributed by atoms with Gasteiger partial charge in [0.1, 0.15) is 5.82 Å². The number of likely N-dealkylation sites (tertiary alicyclic amines) is 1. The highest BCUT2D eigenvalue weighted by Crippen LogP contribution is 2.44. The van der Waals surface area contributed by atoms with Gasteiger partial charge in [0.15, 0.2) is 6.04 Å². The molecule has 164 valence electrons. The second kappa shape index (κ2) is 7.02. The Hall–Kier alpha value is -2.52. The Kier molecular flexibility index (Phi) is 4.85. The van der Waals surface area contributed by atoms with Gasteiger partial charge in [0.2, 0.25) is 5.76 Å². The second-order valence-electron chi connectivity index (χ2n) is 9.32. The van der Waals surface area contributed by atoms with E-state index in [9.17, 15) is 18.0 Å². The van der Waals surface area contributed by atoms with Crippen molar-refractivity contribution in [2.75, 3.05) is 18.4 Å². The lowest BCUT2D eigenvalue weighted by Gasteiger charge is -2.39. The first-order chi connectivity index (χ1) is 13.9. The van der Waals surface area contributed by atoms with E-state index in [0.717, 1.165) is 4.68 Å². The maximum Gasteiger partial charge on any atom is 0.410 e. The van der Waals surface area contributed by atoms with Crippen LogP contribution in [0, 0.1) is 12.3 Å². The summed E-state index contributed by atoms with van der Waals surface area (Å²) >= 11 is 0. The summed E-state index contributed by atoms with van der Waals surface area (Å²) < 4.78 is 47.4. The van der Waals surface area contributed by atoms with Gasteiger partial charge in [-0.25, -0.2) is 4.68 Å². The van der Waals surface area contributed by atoms with E-state index in [1.54, 1.807) is 24.0 Å². The lowest BCUT2D eigenvalue weighted by molar-refractivity contribution is -0.175. The number of rotatable bonds is 2. The third kappa shape index (κ3) is 3.79. The van der Waals surface area contributed by atoms with Gasteiger partial charge in [0, 0.05) is 37.2 Å². The first-order valence-corrected chi connectivity index (χ1v) is 10.1. The SMILES string of the molecule is Cc1cc(C(=O)N2CCC(c3cc4n(n3)[C@@H](C(F)(F)F)C[C@@H](C(C)(C)C)N4)C2)on1. The van der Waals surface area contributed by atoms with E-state index in [2.05, 4.69) is 15.6 Å². The molecule has 0 aliphatic carbocycles. The lowest BCUT2D eigenvalue weighted by Crippen LogP contribution is -2.44. The molecular formula is C20H26F3N5O2. The highest BCUT2D eigenvalue weighted by atomic mass is 19.4. The van der Waals surface area contributed by atoms with Crippen molar-refractivity contribution >= 4 is 11.7 Å². The van der Waals surface area contributed by atoms with Crippen molar-refractivity contribution in [3.63, 3.8) is 0 Å². The van der Waals surface area contributed by atoms with Crippen LogP contribution in [-0.2, 0) is 0 Å². The molecule has 30 heavy (non-hydrogen) atoms. The van der Waals surface area contributed by atoms with Gasteiger partial charge in [-0.2, -0.15) is 18.3 Å². The Morgan fingerprint density at radius 3 is 2.60 bits per heavy atom. The zero-order chi connectivity index (χ0) is 21.8. The summed E-state index contributed by atoms with van der Waals surface area (Å²) in [5.74, 6) is 0.166. The van der Waals surface area contributed by atoms with Crippen LogP contribution in [0.15, 0.2) is 16.7 Å². The number of aryl methyl sites for hydroxylation is 1. The van der Waals surface area contributed by atoms with Crippen LogP contribution in [0.25, 0.3) is 0 Å². The molecule has 4 heterocycles. The maximum atomic E-state index is 13.8. The monoisotopic (exact) mass is 425 g/mol. The van der Waals surface area contributed by atoms with Crippen molar-refractivity contribution < 1.29 is 22.5 Å². The molecule has 0 bridgehead atoms. The number of halogens is 3. The number of alkyl halides is 3. The molecule has 7 nitrogen and oxygen atoms in total. The predicted molar refractivity (Wildman–Crippen MR) is 103 cm³/mol. The Morgan fingerprint density at radius 2 is 2.00 bits per heavy atom. The van der Waals surface area contributed by atoms with Gasteiger partial charge >= 0.3 is 6.18 Å². The first kappa shape index (κ1) is 20.7. The fraction of sp³-hybridized carbons (Fsp3) is 0.650. The summed E-state index contributed by atoms with van der Waals surface area (Å²) in [4.78, 5) is 14.2. The number of anilines is 1. The molecule has 2 aromatic rings. The lowest BCUT2D eigenvalue weighted by atomic mass is 9.82. The van der Waals surface area contributed by atoms with E-state index >= 15 is 0 Å². The van der Waals surface area contributed by atoms with Crippen molar-refractivity contribution in [3.8, 4) is 0 Å².